The van der Waals surface area contributed by atoms with Gasteiger partial charge in [0.05, 0.1) is 16.0 Å². The Morgan fingerprint density at radius 2 is 1.93 bits per heavy atom. The van der Waals surface area contributed by atoms with Crippen LogP contribution < -0.4 is 4.72 Å². The fourth-order valence-electron chi connectivity index (χ4n) is 2.59. The molecule has 0 spiro atoms. The fourth-order valence-corrected chi connectivity index (χ4v) is 5.09. The molecule has 3 heterocycles. The number of hydrogen-bond acceptors (Lipinski definition) is 6. The van der Waals surface area contributed by atoms with Gasteiger partial charge in [-0.25, -0.2) is 31.0 Å². The number of nitrogens with zero attached hydrogens (tertiary/aromatic N) is 4. The van der Waals surface area contributed by atoms with E-state index in [0.717, 1.165) is 6.07 Å². The van der Waals surface area contributed by atoms with Crippen LogP contribution in [-0.2, 0) is 10.0 Å². The summed E-state index contributed by atoms with van der Waals surface area (Å²) in [6.07, 6.45) is -4.34. The van der Waals surface area contributed by atoms with Crippen molar-refractivity contribution in [2.24, 2.45) is 0 Å². The molecule has 0 aliphatic heterocycles. The SMILES string of the molecule is O=S(=O)(NC1(C(F)F)CC1)c1cc(Cl)n2cnc(-c3nnc(C(F)F)s3)c2c1. The Bertz CT molecular complexity index is 1160. The lowest BCUT2D eigenvalue weighted by Crippen LogP contribution is -2.42. The Labute approximate surface area is 164 Å². The zero-order valence-electron chi connectivity index (χ0n) is 13.6. The number of hydrogen-bond donors (Lipinski definition) is 1. The van der Waals surface area contributed by atoms with Gasteiger partial charge in [0.25, 0.3) is 12.9 Å². The molecule has 3 aromatic heterocycles. The number of rotatable bonds is 6. The van der Waals surface area contributed by atoms with Crippen LogP contribution in [0.5, 0.6) is 0 Å². The second-order valence-corrected chi connectivity index (χ2v) is 9.25. The Morgan fingerprint density at radius 3 is 2.50 bits per heavy atom. The van der Waals surface area contributed by atoms with Gasteiger partial charge in [-0.15, -0.1) is 10.2 Å². The molecular formula is C14H10ClF4N5O2S2. The number of pyridine rings is 1. The van der Waals surface area contributed by atoms with E-state index in [9.17, 15) is 26.0 Å². The van der Waals surface area contributed by atoms with Crippen molar-refractivity contribution >= 4 is 38.5 Å². The minimum atomic E-state index is -4.31. The first-order valence-corrected chi connectivity index (χ1v) is 10.4. The van der Waals surface area contributed by atoms with Crippen molar-refractivity contribution in [2.75, 3.05) is 0 Å². The minimum Gasteiger partial charge on any atom is -0.289 e. The van der Waals surface area contributed by atoms with E-state index in [-0.39, 0.29) is 39.1 Å². The molecule has 0 saturated heterocycles. The molecule has 0 amide bonds. The molecule has 1 aliphatic carbocycles. The first kappa shape index (κ1) is 19.5. The van der Waals surface area contributed by atoms with Crippen LogP contribution in [0.2, 0.25) is 5.15 Å². The lowest BCUT2D eigenvalue weighted by atomic mass is 10.3. The predicted octanol–water partition coefficient (Wildman–Crippen LogP) is 3.52. The quantitative estimate of drug-likeness (QED) is 0.454. The number of imidazole rings is 1. The van der Waals surface area contributed by atoms with Crippen molar-refractivity contribution in [3.8, 4) is 10.7 Å². The Balaban J connectivity index is 1.79. The zero-order chi connectivity index (χ0) is 20.3. The van der Waals surface area contributed by atoms with E-state index in [1.807, 2.05) is 4.72 Å². The topological polar surface area (TPSA) is 89.2 Å². The molecule has 1 saturated carbocycles. The van der Waals surface area contributed by atoms with Gasteiger partial charge in [-0.05, 0) is 25.0 Å². The van der Waals surface area contributed by atoms with Gasteiger partial charge in [0, 0.05) is 0 Å². The van der Waals surface area contributed by atoms with Crippen molar-refractivity contribution in [2.45, 2.75) is 36.1 Å². The standard InChI is InChI=1S/C14H10ClF4N5O2S2/c15-8-4-6(28(25,26)23-14(1-2-14)13(18)19)3-7-9(20-5-24(7)8)11-21-22-12(27-11)10(16)17/h3-5,10,13,23H,1-2H2. The van der Waals surface area contributed by atoms with Gasteiger partial charge in [-0.3, -0.25) is 4.40 Å². The molecule has 1 aliphatic rings. The minimum absolute atomic E-state index is 0.0268. The van der Waals surface area contributed by atoms with Crippen LogP contribution in [-0.4, -0.2) is 40.0 Å². The maximum Gasteiger partial charge on any atom is 0.291 e. The monoisotopic (exact) mass is 455 g/mol. The predicted molar refractivity (Wildman–Crippen MR) is 92.4 cm³/mol. The summed E-state index contributed by atoms with van der Waals surface area (Å²) in [7, 11) is -4.31. The average Bonchev–Trinajstić information content (AvgIpc) is 3.06. The molecule has 150 valence electrons. The van der Waals surface area contributed by atoms with Gasteiger partial charge in [-0.2, -0.15) is 4.72 Å². The lowest BCUT2D eigenvalue weighted by Gasteiger charge is -2.16. The second-order valence-electron chi connectivity index (χ2n) is 6.17. The van der Waals surface area contributed by atoms with E-state index in [1.165, 1.54) is 16.8 Å². The normalized spacial score (nSPS) is 16.4. The van der Waals surface area contributed by atoms with Crippen molar-refractivity contribution in [3.05, 3.63) is 28.6 Å². The van der Waals surface area contributed by atoms with Crippen molar-refractivity contribution in [1.29, 1.82) is 0 Å². The molecule has 3 aromatic rings. The van der Waals surface area contributed by atoms with Gasteiger partial charge in [0.15, 0.2) is 10.0 Å². The highest BCUT2D eigenvalue weighted by atomic mass is 35.5. The lowest BCUT2D eigenvalue weighted by molar-refractivity contribution is 0.0970. The van der Waals surface area contributed by atoms with Gasteiger partial charge in [0.1, 0.15) is 17.2 Å². The second kappa shape index (κ2) is 6.61. The molecule has 0 unspecified atom stereocenters. The van der Waals surface area contributed by atoms with E-state index in [0.29, 0.717) is 11.3 Å². The van der Waals surface area contributed by atoms with Gasteiger partial charge in [0.2, 0.25) is 10.0 Å². The van der Waals surface area contributed by atoms with E-state index < -0.39 is 33.4 Å². The van der Waals surface area contributed by atoms with Gasteiger partial charge < -0.3 is 0 Å². The first-order chi connectivity index (χ1) is 13.1. The van der Waals surface area contributed by atoms with E-state index in [4.69, 9.17) is 11.6 Å². The smallest absolute Gasteiger partial charge is 0.289 e. The van der Waals surface area contributed by atoms with Crippen molar-refractivity contribution in [3.63, 3.8) is 0 Å². The summed E-state index contributed by atoms with van der Waals surface area (Å²) in [6.45, 7) is 0. The van der Waals surface area contributed by atoms with Crippen molar-refractivity contribution in [1.82, 2.24) is 24.3 Å². The van der Waals surface area contributed by atoms with Crippen LogP contribution in [0.4, 0.5) is 17.6 Å². The first-order valence-electron chi connectivity index (χ1n) is 7.74. The van der Waals surface area contributed by atoms with E-state index >= 15 is 0 Å². The molecule has 0 bridgehead atoms. The molecule has 0 radical (unpaired) electrons. The summed E-state index contributed by atoms with van der Waals surface area (Å²) in [6, 6.07) is 2.26. The highest BCUT2D eigenvalue weighted by Crippen LogP contribution is 2.42. The maximum absolute atomic E-state index is 13.1. The van der Waals surface area contributed by atoms with Crippen LogP contribution in [0.1, 0.15) is 24.3 Å². The third-order valence-electron chi connectivity index (χ3n) is 4.26. The summed E-state index contributed by atoms with van der Waals surface area (Å²) in [5, 5.41) is 6.49. The summed E-state index contributed by atoms with van der Waals surface area (Å²) in [4.78, 5) is 3.69. The summed E-state index contributed by atoms with van der Waals surface area (Å²) < 4.78 is 80.3. The van der Waals surface area contributed by atoms with Gasteiger partial charge in [-0.1, -0.05) is 22.9 Å². The summed E-state index contributed by atoms with van der Waals surface area (Å²) in [5.74, 6) is 0. The number of fused-ring (bicyclic) bond motifs is 1. The highest BCUT2D eigenvalue weighted by molar-refractivity contribution is 7.89. The molecule has 28 heavy (non-hydrogen) atoms. The van der Waals surface area contributed by atoms with Crippen molar-refractivity contribution < 1.29 is 26.0 Å². The third kappa shape index (κ3) is 3.25. The van der Waals surface area contributed by atoms with Crippen LogP contribution in [0, 0.1) is 0 Å². The number of sulfonamides is 1. The highest BCUT2D eigenvalue weighted by Gasteiger charge is 2.54. The average molecular weight is 456 g/mol. The molecule has 0 aromatic carbocycles. The number of nitrogens with one attached hydrogen (secondary N) is 1. The van der Waals surface area contributed by atoms with E-state index in [1.54, 1.807) is 0 Å². The maximum atomic E-state index is 13.1. The largest absolute Gasteiger partial charge is 0.291 e. The van der Waals surface area contributed by atoms with Crippen LogP contribution >= 0.6 is 22.9 Å². The number of alkyl halides is 4. The van der Waals surface area contributed by atoms with Crippen LogP contribution in [0.15, 0.2) is 23.4 Å². The Morgan fingerprint density at radius 1 is 1.21 bits per heavy atom. The van der Waals surface area contributed by atoms with E-state index in [2.05, 4.69) is 15.2 Å². The van der Waals surface area contributed by atoms with Crippen LogP contribution in [0.25, 0.3) is 16.2 Å². The Hall–Kier alpha value is -1.83. The van der Waals surface area contributed by atoms with Crippen LogP contribution in [0.3, 0.4) is 0 Å². The fraction of sp³-hybridized carbons (Fsp3) is 0.357. The molecular weight excluding hydrogens is 446 g/mol. The molecule has 4 rings (SSSR count). The Kier molecular flexibility index (Phi) is 4.60. The molecule has 0 atom stereocenters. The summed E-state index contributed by atoms with van der Waals surface area (Å²) >= 11 is 6.71. The zero-order valence-corrected chi connectivity index (χ0v) is 16.0. The molecule has 14 heteroatoms. The molecule has 7 nitrogen and oxygen atoms in total. The number of halogens is 5. The molecule has 1 N–H and O–H groups in total. The molecule has 1 fully saturated rings. The number of aromatic nitrogens is 4. The summed E-state index contributed by atoms with van der Waals surface area (Å²) in [5.41, 5.74) is -1.52. The van der Waals surface area contributed by atoms with Gasteiger partial charge >= 0.3 is 0 Å². The third-order valence-corrected chi connectivity index (χ3v) is 7.02.